The number of halogens is 1. The normalized spacial score (nSPS) is 20.0. The molecule has 1 saturated heterocycles. The third-order valence-electron chi connectivity index (χ3n) is 4.78. The molecular formula is C18H21FN6O2S. The van der Waals surface area contributed by atoms with E-state index in [1.165, 1.54) is 6.92 Å². The average Bonchev–Trinajstić information content (AvgIpc) is 3.26. The van der Waals surface area contributed by atoms with Crippen molar-refractivity contribution in [3.05, 3.63) is 29.3 Å². The second-order valence-corrected chi connectivity index (χ2v) is 8.10. The van der Waals surface area contributed by atoms with E-state index in [1.54, 1.807) is 6.20 Å². The van der Waals surface area contributed by atoms with Crippen molar-refractivity contribution in [1.82, 2.24) is 24.4 Å². The summed E-state index contributed by atoms with van der Waals surface area (Å²) < 4.78 is 22.0. The number of anilines is 1. The van der Waals surface area contributed by atoms with Crippen molar-refractivity contribution in [1.29, 1.82) is 0 Å². The number of aryl methyl sites for hydroxylation is 1. The number of likely N-dealkylation sites (tertiary alicyclic amines) is 1. The van der Waals surface area contributed by atoms with Gasteiger partial charge in [-0.05, 0) is 13.0 Å². The van der Waals surface area contributed by atoms with Gasteiger partial charge in [0.25, 0.3) is 0 Å². The Balaban J connectivity index is 1.41. The van der Waals surface area contributed by atoms with Crippen LogP contribution in [0.3, 0.4) is 0 Å². The monoisotopic (exact) mass is 404 g/mol. The number of hydrogen-bond acceptors (Lipinski definition) is 7. The number of fused-ring (bicyclic) bond motifs is 1. The Hall–Kier alpha value is -2.59. The van der Waals surface area contributed by atoms with Gasteiger partial charge in [-0.25, -0.2) is 9.97 Å². The lowest BCUT2D eigenvalue weighted by Gasteiger charge is -2.19. The van der Waals surface area contributed by atoms with Crippen LogP contribution in [0, 0.1) is 5.95 Å². The Morgan fingerprint density at radius 1 is 1.46 bits per heavy atom. The van der Waals surface area contributed by atoms with Gasteiger partial charge in [0.2, 0.25) is 17.7 Å². The number of thiazole rings is 1. The highest BCUT2D eigenvalue weighted by molar-refractivity contribution is 7.15. The molecule has 3 aromatic heterocycles. The fourth-order valence-corrected chi connectivity index (χ4v) is 4.33. The number of nitrogens with zero attached hydrogens (tertiary/aromatic N) is 5. The summed E-state index contributed by atoms with van der Waals surface area (Å²) >= 11 is 1.16. The number of ether oxygens (including phenoxy) is 1. The molecule has 0 aromatic carbocycles. The largest absolute Gasteiger partial charge is 0.472 e. The Morgan fingerprint density at radius 2 is 2.29 bits per heavy atom. The summed E-state index contributed by atoms with van der Waals surface area (Å²) in [6.07, 6.45) is 4.31. The first kappa shape index (κ1) is 18.8. The van der Waals surface area contributed by atoms with Crippen molar-refractivity contribution < 1.29 is 13.9 Å². The van der Waals surface area contributed by atoms with Crippen molar-refractivity contribution in [3.63, 3.8) is 0 Å². The molecule has 1 aliphatic rings. The van der Waals surface area contributed by atoms with Gasteiger partial charge in [0.05, 0.1) is 11.1 Å². The van der Waals surface area contributed by atoms with E-state index in [0.717, 1.165) is 28.9 Å². The molecule has 2 atom stereocenters. The number of carbonyl (C=O) groups is 1. The molecule has 10 heteroatoms. The summed E-state index contributed by atoms with van der Waals surface area (Å²) in [6.45, 7) is 4.54. The number of amides is 1. The van der Waals surface area contributed by atoms with Gasteiger partial charge >= 0.3 is 0 Å². The molecule has 0 spiro atoms. The van der Waals surface area contributed by atoms with Gasteiger partial charge in [-0.2, -0.15) is 9.37 Å². The predicted molar refractivity (Wildman–Crippen MR) is 104 cm³/mol. The predicted octanol–water partition coefficient (Wildman–Crippen LogP) is 2.56. The van der Waals surface area contributed by atoms with E-state index in [9.17, 15) is 9.18 Å². The van der Waals surface area contributed by atoms with Crippen LogP contribution in [0.1, 0.15) is 25.1 Å². The Kier molecular flexibility index (Phi) is 4.98. The molecule has 148 valence electrons. The van der Waals surface area contributed by atoms with E-state index in [1.807, 2.05) is 23.9 Å². The summed E-state index contributed by atoms with van der Waals surface area (Å²) in [6, 6.07) is 2.13. The van der Waals surface area contributed by atoms with Crippen LogP contribution in [0.4, 0.5) is 9.52 Å². The maximum atomic E-state index is 14.1. The molecule has 3 aromatic rings. The zero-order valence-corrected chi connectivity index (χ0v) is 16.7. The molecule has 4 heterocycles. The van der Waals surface area contributed by atoms with Gasteiger partial charge in [-0.15, -0.1) is 0 Å². The molecule has 8 nitrogen and oxygen atoms in total. The molecule has 2 unspecified atom stereocenters. The fraction of sp³-hybridized carbons (Fsp3) is 0.444. The minimum absolute atomic E-state index is 0.0451. The van der Waals surface area contributed by atoms with Crippen LogP contribution in [0.5, 0.6) is 5.88 Å². The van der Waals surface area contributed by atoms with E-state index in [0.29, 0.717) is 23.8 Å². The van der Waals surface area contributed by atoms with Crippen LogP contribution >= 0.6 is 11.3 Å². The smallest absolute Gasteiger partial charge is 0.233 e. The van der Waals surface area contributed by atoms with E-state index >= 15 is 0 Å². The van der Waals surface area contributed by atoms with Gasteiger partial charge < -0.3 is 14.6 Å². The number of aromatic nitrogens is 4. The highest BCUT2D eigenvalue weighted by Gasteiger charge is 2.32. The summed E-state index contributed by atoms with van der Waals surface area (Å²) in [5, 5.41) is 2.81. The zero-order chi connectivity index (χ0) is 19.8. The van der Waals surface area contributed by atoms with Crippen LogP contribution in [0.15, 0.2) is 18.5 Å². The van der Waals surface area contributed by atoms with Gasteiger partial charge in [0.15, 0.2) is 10.8 Å². The van der Waals surface area contributed by atoms with E-state index < -0.39 is 5.95 Å². The first-order valence-corrected chi connectivity index (χ1v) is 9.82. The zero-order valence-electron chi connectivity index (χ0n) is 15.8. The Labute approximate surface area is 165 Å². The van der Waals surface area contributed by atoms with Crippen LogP contribution in [-0.4, -0.2) is 49.0 Å². The lowest BCUT2D eigenvalue weighted by atomic mass is 10.2. The van der Waals surface area contributed by atoms with Gasteiger partial charge in [-0.3, -0.25) is 9.69 Å². The second-order valence-electron chi connectivity index (χ2n) is 7.01. The Bertz CT molecular complexity index is 1020. The molecule has 1 aliphatic heterocycles. The first-order valence-electron chi connectivity index (χ1n) is 9.00. The number of rotatable bonds is 5. The molecule has 28 heavy (non-hydrogen) atoms. The first-order chi connectivity index (χ1) is 13.4. The van der Waals surface area contributed by atoms with Crippen LogP contribution in [0.25, 0.3) is 11.2 Å². The molecular weight excluding hydrogens is 383 g/mol. The lowest BCUT2D eigenvalue weighted by Crippen LogP contribution is -2.28. The lowest BCUT2D eigenvalue weighted by molar-refractivity contribution is -0.114. The average molecular weight is 404 g/mol. The molecule has 1 fully saturated rings. The number of carbonyl (C=O) groups excluding carboxylic acids is 1. The third kappa shape index (κ3) is 3.83. The molecule has 0 saturated carbocycles. The molecule has 0 radical (unpaired) electrons. The minimum Gasteiger partial charge on any atom is -0.472 e. The van der Waals surface area contributed by atoms with E-state index in [4.69, 9.17) is 4.74 Å². The number of hydrogen-bond donors (Lipinski definition) is 1. The van der Waals surface area contributed by atoms with Crippen molar-refractivity contribution in [3.8, 4) is 5.88 Å². The molecule has 4 rings (SSSR count). The highest BCUT2D eigenvalue weighted by Crippen LogP contribution is 2.28. The van der Waals surface area contributed by atoms with Crippen LogP contribution in [-0.2, 0) is 18.4 Å². The maximum Gasteiger partial charge on any atom is 0.233 e. The standard InChI is InChI=1S/C18H21FN6O2S/c1-10-6-12(27-15-7-20-17-13(22-15)4-5-24(17)3)8-25(10)9-14-16(19)23-18(28-14)21-11(2)26/h4-5,7,10,12H,6,8-9H2,1-3H3,(H,21,23,26). The molecule has 0 bridgehead atoms. The number of nitrogens with one attached hydrogen (secondary N) is 1. The fourth-order valence-electron chi connectivity index (χ4n) is 3.41. The summed E-state index contributed by atoms with van der Waals surface area (Å²) in [5.74, 6) is -0.305. The molecule has 1 amide bonds. The maximum absolute atomic E-state index is 14.1. The van der Waals surface area contributed by atoms with Crippen LogP contribution in [0.2, 0.25) is 0 Å². The van der Waals surface area contributed by atoms with Gasteiger partial charge in [0.1, 0.15) is 11.6 Å². The summed E-state index contributed by atoms with van der Waals surface area (Å²) in [5.41, 5.74) is 1.60. The second kappa shape index (κ2) is 7.44. The summed E-state index contributed by atoms with van der Waals surface area (Å²) in [4.78, 5) is 26.5. The van der Waals surface area contributed by atoms with Gasteiger partial charge in [-0.1, -0.05) is 11.3 Å². The van der Waals surface area contributed by atoms with Crippen molar-refractivity contribution in [2.75, 3.05) is 11.9 Å². The van der Waals surface area contributed by atoms with Gasteiger partial charge in [0, 0.05) is 45.7 Å². The highest BCUT2D eigenvalue weighted by atomic mass is 32.1. The summed E-state index contributed by atoms with van der Waals surface area (Å²) in [7, 11) is 1.92. The Morgan fingerprint density at radius 3 is 3.07 bits per heavy atom. The van der Waals surface area contributed by atoms with E-state index in [-0.39, 0.29) is 23.2 Å². The van der Waals surface area contributed by atoms with Crippen LogP contribution < -0.4 is 10.1 Å². The van der Waals surface area contributed by atoms with Crippen molar-refractivity contribution in [2.24, 2.45) is 7.05 Å². The molecule has 0 aliphatic carbocycles. The minimum atomic E-state index is -0.536. The molecule has 1 N–H and O–H groups in total. The van der Waals surface area contributed by atoms with E-state index in [2.05, 4.69) is 32.1 Å². The van der Waals surface area contributed by atoms with Crippen molar-refractivity contribution >= 4 is 33.5 Å². The SMILES string of the molecule is CC(=O)Nc1nc(F)c(CN2CC(Oc3cnc4c(ccn4C)n3)CC2C)s1. The topological polar surface area (TPSA) is 85.2 Å². The van der Waals surface area contributed by atoms with Crippen molar-refractivity contribution in [2.45, 2.75) is 39.0 Å². The third-order valence-corrected chi connectivity index (χ3v) is 5.71. The quantitative estimate of drug-likeness (QED) is 0.704.